The minimum absolute atomic E-state index is 0.00426. The molecular formula is C17H13Cl2FO5. The lowest BCUT2D eigenvalue weighted by molar-refractivity contribution is -0.147. The molecule has 25 heavy (non-hydrogen) atoms. The maximum absolute atomic E-state index is 12.9. The van der Waals surface area contributed by atoms with Crippen molar-refractivity contribution in [1.82, 2.24) is 0 Å². The number of hydrogen-bond acceptors (Lipinski definition) is 5. The summed E-state index contributed by atoms with van der Waals surface area (Å²) in [4.78, 5) is 11.8. The molecule has 0 N–H and O–H groups in total. The Morgan fingerprint density at radius 2 is 1.92 bits per heavy atom. The van der Waals surface area contributed by atoms with Crippen molar-refractivity contribution < 1.29 is 28.1 Å². The highest BCUT2D eigenvalue weighted by Crippen LogP contribution is 2.38. The molecule has 3 rings (SSSR count). The predicted molar refractivity (Wildman–Crippen MR) is 89.1 cm³/mol. The van der Waals surface area contributed by atoms with Gasteiger partial charge in [0, 0.05) is 0 Å². The van der Waals surface area contributed by atoms with E-state index in [0.29, 0.717) is 35.3 Å². The van der Waals surface area contributed by atoms with Crippen LogP contribution in [0.1, 0.15) is 5.56 Å². The molecule has 0 radical (unpaired) electrons. The molecule has 0 saturated heterocycles. The van der Waals surface area contributed by atoms with Crippen LogP contribution in [0.5, 0.6) is 17.2 Å². The average Bonchev–Trinajstić information content (AvgIpc) is 2.59. The maximum Gasteiger partial charge on any atom is 0.344 e. The highest BCUT2D eigenvalue weighted by atomic mass is 35.5. The molecule has 1 aliphatic heterocycles. The lowest BCUT2D eigenvalue weighted by Crippen LogP contribution is -2.17. The molecule has 1 aliphatic rings. The van der Waals surface area contributed by atoms with Crippen LogP contribution in [0.3, 0.4) is 0 Å². The molecule has 0 bridgehead atoms. The summed E-state index contributed by atoms with van der Waals surface area (Å²) in [5.74, 6) is 0.0978. The molecule has 8 heteroatoms. The van der Waals surface area contributed by atoms with Crippen LogP contribution in [-0.4, -0.2) is 25.8 Å². The van der Waals surface area contributed by atoms with E-state index in [4.69, 9.17) is 42.1 Å². The zero-order chi connectivity index (χ0) is 17.8. The molecule has 0 spiro atoms. The van der Waals surface area contributed by atoms with Crippen LogP contribution in [0.15, 0.2) is 30.3 Å². The van der Waals surface area contributed by atoms with E-state index in [1.54, 1.807) is 12.1 Å². The maximum atomic E-state index is 12.9. The van der Waals surface area contributed by atoms with Crippen molar-refractivity contribution in [2.45, 2.75) is 6.61 Å². The Kier molecular flexibility index (Phi) is 5.50. The van der Waals surface area contributed by atoms with Gasteiger partial charge in [-0.2, -0.15) is 0 Å². The zero-order valence-corrected chi connectivity index (χ0v) is 14.4. The van der Waals surface area contributed by atoms with Crippen LogP contribution in [0.4, 0.5) is 4.39 Å². The third-order valence-corrected chi connectivity index (χ3v) is 3.87. The molecule has 0 fully saturated rings. The third-order valence-electron chi connectivity index (χ3n) is 3.30. The quantitative estimate of drug-likeness (QED) is 0.726. The van der Waals surface area contributed by atoms with Gasteiger partial charge in [-0.15, -0.1) is 0 Å². The first-order valence-corrected chi connectivity index (χ1v) is 8.10. The Labute approximate surface area is 153 Å². The van der Waals surface area contributed by atoms with Gasteiger partial charge < -0.3 is 18.9 Å². The van der Waals surface area contributed by atoms with Gasteiger partial charge in [-0.1, -0.05) is 23.2 Å². The molecule has 0 unspecified atom stereocenters. The standard InChI is InChI=1S/C17H13Cl2FO5/c18-12-7-11(20)1-2-14(12)24-9-16(21)25-8-10-5-13(19)17-15(6-10)22-3-4-23-17/h1-2,5-7H,3-4,8-9H2. The summed E-state index contributed by atoms with van der Waals surface area (Å²) in [6.07, 6.45) is 0. The molecule has 132 valence electrons. The predicted octanol–water partition coefficient (Wildman–Crippen LogP) is 4.03. The third kappa shape index (κ3) is 4.46. The van der Waals surface area contributed by atoms with E-state index in [1.807, 2.05) is 0 Å². The molecule has 0 amide bonds. The molecule has 2 aromatic carbocycles. The van der Waals surface area contributed by atoms with E-state index in [9.17, 15) is 9.18 Å². The molecule has 0 aliphatic carbocycles. The van der Waals surface area contributed by atoms with E-state index < -0.39 is 11.8 Å². The summed E-state index contributed by atoms with van der Waals surface area (Å²) < 4.78 is 34.2. The Balaban J connectivity index is 1.54. The summed E-state index contributed by atoms with van der Waals surface area (Å²) in [5, 5.41) is 0.462. The summed E-state index contributed by atoms with van der Waals surface area (Å²) >= 11 is 11.9. The van der Waals surface area contributed by atoms with Crippen LogP contribution < -0.4 is 14.2 Å². The fourth-order valence-electron chi connectivity index (χ4n) is 2.18. The lowest BCUT2D eigenvalue weighted by Gasteiger charge is -2.20. The summed E-state index contributed by atoms with van der Waals surface area (Å²) in [7, 11) is 0. The van der Waals surface area contributed by atoms with Gasteiger partial charge in [0.2, 0.25) is 0 Å². The Hall–Kier alpha value is -2.18. The number of hydrogen-bond donors (Lipinski definition) is 0. The van der Waals surface area contributed by atoms with Crippen molar-refractivity contribution in [2.24, 2.45) is 0 Å². The summed E-state index contributed by atoms with van der Waals surface area (Å²) in [6, 6.07) is 6.96. The number of carbonyl (C=O) groups excluding carboxylic acids is 1. The summed E-state index contributed by atoms with van der Waals surface area (Å²) in [5.41, 5.74) is 0.655. The number of ether oxygens (including phenoxy) is 4. The second kappa shape index (κ2) is 7.80. The first-order chi connectivity index (χ1) is 12.0. The number of esters is 1. The normalized spacial score (nSPS) is 12.6. The van der Waals surface area contributed by atoms with Crippen LogP contribution in [0.2, 0.25) is 10.0 Å². The Morgan fingerprint density at radius 1 is 1.12 bits per heavy atom. The second-order valence-electron chi connectivity index (χ2n) is 5.13. The molecule has 0 atom stereocenters. The van der Waals surface area contributed by atoms with Gasteiger partial charge in [0.1, 0.15) is 31.4 Å². The number of rotatable bonds is 5. The minimum Gasteiger partial charge on any atom is -0.486 e. The number of fused-ring (bicyclic) bond motifs is 1. The molecular weight excluding hydrogens is 374 g/mol. The number of benzene rings is 2. The van der Waals surface area contributed by atoms with Crippen molar-refractivity contribution in [2.75, 3.05) is 19.8 Å². The Bertz CT molecular complexity index is 797. The largest absolute Gasteiger partial charge is 0.486 e. The average molecular weight is 387 g/mol. The Morgan fingerprint density at radius 3 is 2.72 bits per heavy atom. The van der Waals surface area contributed by atoms with Crippen molar-refractivity contribution in [3.8, 4) is 17.2 Å². The smallest absolute Gasteiger partial charge is 0.344 e. The lowest BCUT2D eigenvalue weighted by atomic mass is 10.2. The highest BCUT2D eigenvalue weighted by molar-refractivity contribution is 6.32. The van der Waals surface area contributed by atoms with Crippen molar-refractivity contribution in [3.05, 3.63) is 51.8 Å². The van der Waals surface area contributed by atoms with Gasteiger partial charge in [0.15, 0.2) is 18.1 Å². The van der Waals surface area contributed by atoms with Gasteiger partial charge in [0.05, 0.1) is 10.0 Å². The topological polar surface area (TPSA) is 54.0 Å². The second-order valence-corrected chi connectivity index (χ2v) is 5.94. The molecule has 0 aromatic heterocycles. The van der Waals surface area contributed by atoms with E-state index in [2.05, 4.69) is 0 Å². The first-order valence-electron chi connectivity index (χ1n) is 7.34. The van der Waals surface area contributed by atoms with E-state index >= 15 is 0 Å². The zero-order valence-electron chi connectivity index (χ0n) is 12.9. The van der Waals surface area contributed by atoms with E-state index in [-0.39, 0.29) is 24.0 Å². The van der Waals surface area contributed by atoms with Crippen molar-refractivity contribution in [1.29, 1.82) is 0 Å². The monoisotopic (exact) mass is 386 g/mol. The van der Waals surface area contributed by atoms with Gasteiger partial charge >= 0.3 is 5.97 Å². The van der Waals surface area contributed by atoms with E-state index in [0.717, 1.165) is 6.07 Å². The highest BCUT2D eigenvalue weighted by Gasteiger charge is 2.17. The number of carbonyl (C=O) groups is 1. The number of halogens is 3. The SMILES string of the molecule is O=C(COc1ccc(F)cc1Cl)OCc1cc(Cl)c2c(c1)OCCO2. The molecule has 5 nitrogen and oxygen atoms in total. The fourth-order valence-corrected chi connectivity index (χ4v) is 2.69. The van der Waals surface area contributed by atoms with Gasteiger partial charge in [-0.3, -0.25) is 0 Å². The van der Waals surface area contributed by atoms with Crippen LogP contribution in [-0.2, 0) is 16.1 Å². The van der Waals surface area contributed by atoms with Crippen molar-refractivity contribution >= 4 is 29.2 Å². The van der Waals surface area contributed by atoms with E-state index in [1.165, 1.54) is 12.1 Å². The van der Waals surface area contributed by atoms with Gasteiger partial charge in [-0.05, 0) is 35.9 Å². The van der Waals surface area contributed by atoms with Crippen LogP contribution in [0, 0.1) is 5.82 Å². The molecule has 0 saturated carbocycles. The fraction of sp³-hybridized carbons (Fsp3) is 0.235. The molecule has 1 heterocycles. The van der Waals surface area contributed by atoms with Crippen LogP contribution in [0.25, 0.3) is 0 Å². The van der Waals surface area contributed by atoms with Crippen molar-refractivity contribution in [3.63, 3.8) is 0 Å². The van der Waals surface area contributed by atoms with Gasteiger partial charge in [0.25, 0.3) is 0 Å². The molecule has 2 aromatic rings. The van der Waals surface area contributed by atoms with Gasteiger partial charge in [-0.25, -0.2) is 9.18 Å². The van der Waals surface area contributed by atoms with Crippen LogP contribution >= 0.6 is 23.2 Å². The first kappa shape index (κ1) is 17.6. The summed E-state index contributed by atoms with van der Waals surface area (Å²) in [6.45, 7) is 0.502. The minimum atomic E-state index is -0.605.